The van der Waals surface area contributed by atoms with Gasteiger partial charge in [0.15, 0.2) is 0 Å². The number of thiocarbonyl (C=S) groups is 1. The van der Waals surface area contributed by atoms with Crippen molar-refractivity contribution in [2.75, 3.05) is 6.61 Å². The Kier molecular flexibility index (Phi) is 7.45. The lowest BCUT2D eigenvalue weighted by atomic mass is 9.94. The fourth-order valence-corrected chi connectivity index (χ4v) is 2.21. The highest BCUT2D eigenvalue weighted by Crippen LogP contribution is 2.24. The first-order valence-electron chi connectivity index (χ1n) is 7.05. The third kappa shape index (κ3) is 5.07. The van der Waals surface area contributed by atoms with Crippen LogP contribution in [0, 0.1) is 5.82 Å². The van der Waals surface area contributed by atoms with Crippen molar-refractivity contribution in [3.8, 4) is 0 Å². The second kappa shape index (κ2) is 9.09. The molecule has 22 heavy (non-hydrogen) atoms. The van der Waals surface area contributed by atoms with Gasteiger partial charge in [-0.25, -0.2) is 9.18 Å². The number of esters is 1. The predicted molar refractivity (Wildman–Crippen MR) is 88.0 cm³/mol. The molecule has 5 nitrogen and oxygen atoms in total. The van der Waals surface area contributed by atoms with E-state index in [0.717, 1.165) is 6.42 Å². The van der Waals surface area contributed by atoms with Gasteiger partial charge in [0, 0.05) is 5.92 Å². The number of ether oxygens (including phenoxy) is 1. The monoisotopic (exact) mass is 325 g/mol. The van der Waals surface area contributed by atoms with E-state index in [4.69, 9.17) is 22.7 Å². The van der Waals surface area contributed by atoms with Crippen molar-refractivity contribution in [3.63, 3.8) is 0 Å². The molecule has 1 rings (SSSR count). The lowest BCUT2D eigenvalue weighted by Gasteiger charge is -2.18. The van der Waals surface area contributed by atoms with Gasteiger partial charge in [-0.05, 0) is 25.0 Å². The molecule has 0 aromatic heterocycles. The van der Waals surface area contributed by atoms with E-state index in [-0.39, 0.29) is 24.2 Å². The molecule has 1 atom stereocenters. The SMILES string of the molecule is CCCC(C(=S)N/N=C(\N)C(=O)OCC)c1ccccc1F. The third-order valence-electron chi connectivity index (χ3n) is 2.95. The zero-order valence-electron chi connectivity index (χ0n) is 12.6. The highest BCUT2D eigenvalue weighted by Gasteiger charge is 2.19. The van der Waals surface area contributed by atoms with Crippen LogP contribution < -0.4 is 11.2 Å². The Morgan fingerprint density at radius 3 is 2.73 bits per heavy atom. The minimum absolute atomic E-state index is 0.202. The van der Waals surface area contributed by atoms with E-state index < -0.39 is 5.97 Å². The number of carbonyl (C=O) groups is 1. The zero-order chi connectivity index (χ0) is 16.5. The average Bonchev–Trinajstić information content (AvgIpc) is 2.51. The number of carbonyl (C=O) groups excluding carboxylic acids is 1. The molecule has 0 bridgehead atoms. The molecule has 0 radical (unpaired) electrons. The van der Waals surface area contributed by atoms with E-state index in [1.807, 2.05) is 6.92 Å². The summed E-state index contributed by atoms with van der Waals surface area (Å²) in [6.45, 7) is 3.85. The Bertz CT molecular complexity index is 563. The summed E-state index contributed by atoms with van der Waals surface area (Å²) in [7, 11) is 0. The van der Waals surface area contributed by atoms with Crippen molar-refractivity contribution in [1.29, 1.82) is 0 Å². The second-order valence-corrected chi connectivity index (χ2v) is 5.00. The average molecular weight is 325 g/mol. The standard InChI is InChI=1S/C15H20FN3O2S/c1-3-7-11(10-8-5-6-9-12(10)16)14(22)19-18-13(17)15(20)21-4-2/h5-6,8-9,11H,3-4,7H2,1-2H3,(H2,17,18)(H,19,22). The van der Waals surface area contributed by atoms with Crippen LogP contribution in [-0.4, -0.2) is 23.4 Å². The van der Waals surface area contributed by atoms with Crippen molar-refractivity contribution in [1.82, 2.24) is 5.43 Å². The highest BCUT2D eigenvalue weighted by molar-refractivity contribution is 7.80. The summed E-state index contributed by atoms with van der Waals surface area (Å²) in [5.41, 5.74) is 8.53. The normalized spacial score (nSPS) is 12.6. The lowest BCUT2D eigenvalue weighted by Crippen LogP contribution is -2.32. The summed E-state index contributed by atoms with van der Waals surface area (Å²) in [6.07, 6.45) is 1.47. The van der Waals surface area contributed by atoms with E-state index in [1.165, 1.54) is 6.07 Å². The first-order valence-corrected chi connectivity index (χ1v) is 7.46. The van der Waals surface area contributed by atoms with Gasteiger partial charge in [-0.2, -0.15) is 0 Å². The molecular formula is C15H20FN3O2S. The maximum atomic E-state index is 13.9. The quantitative estimate of drug-likeness (QED) is 0.276. The van der Waals surface area contributed by atoms with E-state index in [2.05, 4.69) is 10.5 Å². The van der Waals surface area contributed by atoms with Gasteiger partial charge in [-0.3, -0.25) is 5.43 Å². The first kappa shape index (κ1) is 18.0. The minimum Gasteiger partial charge on any atom is -0.460 e. The molecule has 0 aliphatic heterocycles. The summed E-state index contributed by atoms with van der Waals surface area (Å²) in [5.74, 6) is -1.71. The fourth-order valence-electron chi connectivity index (χ4n) is 1.92. The number of nitrogens with zero attached hydrogens (tertiary/aromatic N) is 1. The van der Waals surface area contributed by atoms with Crippen LogP contribution in [0.25, 0.3) is 0 Å². The van der Waals surface area contributed by atoms with Crippen LogP contribution in [-0.2, 0) is 9.53 Å². The molecule has 7 heteroatoms. The molecule has 0 fully saturated rings. The van der Waals surface area contributed by atoms with Gasteiger partial charge in [-0.15, -0.1) is 5.10 Å². The van der Waals surface area contributed by atoms with E-state index in [9.17, 15) is 9.18 Å². The van der Waals surface area contributed by atoms with E-state index in [0.29, 0.717) is 17.0 Å². The molecule has 120 valence electrons. The summed E-state index contributed by atoms with van der Waals surface area (Å²) < 4.78 is 18.6. The number of hydrazone groups is 1. The summed E-state index contributed by atoms with van der Waals surface area (Å²) in [5, 5.41) is 3.71. The maximum absolute atomic E-state index is 13.9. The number of nitrogens with two attached hydrogens (primary N) is 1. The summed E-state index contributed by atoms with van der Waals surface area (Å²) >= 11 is 5.26. The molecule has 0 amide bonds. The Balaban J connectivity index is 2.85. The van der Waals surface area contributed by atoms with E-state index >= 15 is 0 Å². The van der Waals surface area contributed by atoms with Crippen LogP contribution >= 0.6 is 12.2 Å². The van der Waals surface area contributed by atoms with Gasteiger partial charge < -0.3 is 10.5 Å². The molecule has 0 saturated carbocycles. The molecule has 0 aliphatic rings. The Morgan fingerprint density at radius 1 is 1.45 bits per heavy atom. The highest BCUT2D eigenvalue weighted by atomic mass is 32.1. The van der Waals surface area contributed by atoms with Crippen LogP contribution in [0.3, 0.4) is 0 Å². The van der Waals surface area contributed by atoms with Crippen molar-refractivity contribution >= 4 is 29.0 Å². The van der Waals surface area contributed by atoms with Crippen LogP contribution in [0.5, 0.6) is 0 Å². The Morgan fingerprint density at radius 2 is 2.14 bits per heavy atom. The van der Waals surface area contributed by atoms with Crippen molar-refractivity contribution in [2.24, 2.45) is 10.8 Å². The zero-order valence-corrected chi connectivity index (χ0v) is 13.5. The molecule has 1 aromatic carbocycles. The van der Waals surface area contributed by atoms with Crippen molar-refractivity contribution < 1.29 is 13.9 Å². The van der Waals surface area contributed by atoms with Crippen LogP contribution in [0.4, 0.5) is 4.39 Å². The lowest BCUT2D eigenvalue weighted by molar-refractivity contribution is -0.135. The largest absolute Gasteiger partial charge is 0.460 e. The summed E-state index contributed by atoms with van der Waals surface area (Å²) in [4.78, 5) is 11.7. The fraction of sp³-hybridized carbons (Fsp3) is 0.400. The van der Waals surface area contributed by atoms with Gasteiger partial charge in [0.1, 0.15) is 10.8 Å². The molecule has 3 N–H and O–H groups in total. The van der Waals surface area contributed by atoms with Crippen LogP contribution in [0.1, 0.15) is 38.2 Å². The van der Waals surface area contributed by atoms with Crippen LogP contribution in [0.15, 0.2) is 29.4 Å². The molecule has 1 unspecified atom stereocenters. The number of halogens is 1. The molecule has 0 heterocycles. The molecular weight excluding hydrogens is 305 g/mol. The molecule has 0 aliphatic carbocycles. The van der Waals surface area contributed by atoms with Gasteiger partial charge in [0.2, 0.25) is 5.84 Å². The first-order chi connectivity index (χ1) is 10.5. The third-order valence-corrected chi connectivity index (χ3v) is 3.32. The molecule has 0 spiro atoms. The maximum Gasteiger partial charge on any atom is 0.375 e. The van der Waals surface area contributed by atoms with Crippen LogP contribution in [0.2, 0.25) is 0 Å². The number of benzene rings is 1. The second-order valence-electron chi connectivity index (χ2n) is 4.56. The smallest absolute Gasteiger partial charge is 0.375 e. The molecule has 0 saturated heterocycles. The van der Waals surface area contributed by atoms with Crippen molar-refractivity contribution in [3.05, 3.63) is 35.6 Å². The predicted octanol–water partition coefficient (Wildman–Crippen LogP) is 2.46. The van der Waals surface area contributed by atoms with E-state index in [1.54, 1.807) is 25.1 Å². The number of hydrogen-bond donors (Lipinski definition) is 2. The Labute approximate surface area is 134 Å². The van der Waals surface area contributed by atoms with Crippen molar-refractivity contribution in [2.45, 2.75) is 32.6 Å². The van der Waals surface area contributed by atoms with Gasteiger partial charge in [0.25, 0.3) is 0 Å². The Hall–Kier alpha value is -2.02. The number of amidine groups is 1. The number of hydrogen-bond acceptors (Lipinski definition) is 4. The van der Waals surface area contributed by atoms with Gasteiger partial charge in [-0.1, -0.05) is 43.8 Å². The number of rotatable bonds is 6. The number of nitrogens with one attached hydrogen (secondary N) is 1. The topological polar surface area (TPSA) is 76.7 Å². The van der Waals surface area contributed by atoms with Gasteiger partial charge in [0.05, 0.1) is 6.61 Å². The minimum atomic E-state index is -0.726. The molecule has 1 aromatic rings. The van der Waals surface area contributed by atoms with Gasteiger partial charge >= 0.3 is 5.97 Å². The summed E-state index contributed by atoms with van der Waals surface area (Å²) in [6, 6.07) is 6.44.